The van der Waals surface area contributed by atoms with E-state index in [0.29, 0.717) is 28.1 Å². The van der Waals surface area contributed by atoms with Gasteiger partial charge in [0.15, 0.2) is 22.5 Å². The van der Waals surface area contributed by atoms with Gasteiger partial charge in [0.25, 0.3) is 0 Å². The average Bonchev–Trinajstić information content (AvgIpc) is 2.71. The standard InChI is InChI=1S/C11H10N2O4S/c1-5-4-8(16-6(2)14)9-10(13-18-12-9)11(5)17-7(3)15/h4H,1-3H3. The molecule has 0 aliphatic carbocycles. The third-order valence-corrected chi connectivity index (χ3v) is 2.67. The van der Waals surface area contributed by atoms with Gasteiger partial charge in [-0.3, -0.25) is 9.59 Å². The summed E-state index contributed by atoms with van der Waals surface area (Å²) in [5, 5.41) is 0. The molecular formula is C11H10N2O4S. The van der Waals surface area contributed by atoms with Gasteiger partial charge in [-0.2, -0.15) is 8.75 Å². The number of hydrogen-bond donors (Lipinski definition) is 0. The maximum atomic E-state index is 11.0. The number of aryl methyl sites for hydroxylation is 1. The van der Waals surface area contributed by atoms with Crippen LogP contribution in [0.2, 0.25) is 0 Å². The summed E-state index contributed by atoms with van der Waals surface area (Å²) in [6.45, 7) is 4.36. The summed E-state index contributed by atoms with van der Waals surface area (Å²) in [5.41, 5.74) is 1.49. The van der Waals surface area contributed by atoms with Crippen molar-refractivity contribution in [3.05, 3.63) is 11.6 Å². The quantitative estimate of drug-likeness (QED) is 0.609. The van der Waals surface area contributed by atoms with E-state index in [1.807, 2.05) is 0 Å². The first kappa shape index (κ1) is 12.4. The average molecular weight is 266 g/mol. The molecule has 7 heteroatoms. The number of nitrogens with zero attached hydrogens (tertiary/aromatic N) is 2. The van der Waals surface area contributed by atoms with E-state index in [0.717, 1.165) is 11.7 Å². The molecule has 0 unspecified atom stereocenters. The van der Waals surface area contributed by atoms with E-state index in [1.54, 1.807) is 13.0 Å². The van der Waals surface area contributed by atoms with Crippen molar-refractivity contribution in [1.29, 1.82) is 0 Å². The van der Waals surface area contributed by atoms with E-state index in [4.69, 9.17) is 9.47 Å². The lowest BCUT2D eigenvalue weighted by atomic mass is 10.1. The van der Waals surface area contributed by atoms with Gasteiger partial charge in [-0.25, -0.2) is 0 Å². The van der Waals surface area contributed by atoms with Crippen molar-refractivity contribution in [2.75, 3.05) is 0 Å². The minimum atomic E-state index is -0.441. The van der Waals surface area contributed by atoms with Crippen LogP contribution in [-0.4, -0.2) is 20.7 Å². The molecule has 0 N–H and O–H groups in total. The third-order valence-electron chi connectivity index (χ3n) is 2.14. The Morgan fingerprint density at radius 3 is 2.33 bits per heavy atom. The van der Waals surface area contributed by atoms with Crippen LogP contribution in [0.4, 0.5) is 0 Å². The van der Waals surface area contributed by atoms with Crippen LogP contribution in [0.3, 0.4) is 0 Å². The fraction of sp³-hybridized carbons (Fsp3) is 0.273. The van der Waals surface area contributed by atoms with Crippen LogP contribution in [0.5, 0.6) is 11.5 Å². The molecule has 18 heavy (non-hydrogen) atoms. The maximum absolute atomic E-state index is 11.0. The van der Waals surface area contributed by atoms with Crippen molar-refractivity contribution in [2.45, 2.75) is 20.8 Å². The molecule has 94 valence electrons. The number of benzene rings is 1. The molecule has 6 nitrogen and oxygen atoms in total. The number of carbonyl (C=O) groups excluding carboxylic acids is 2. The fourth-order valence-corrected chi connectivity index (χ4v) is 2.07. The van der Waals surface area contributed by atoms with Gasteiger partial charge in [0.1, 0.15) is 0 Å². The number of rotatable bonds is 2. The summed E-state index contributed by atoms with van der Waals surface area (Å²) in [6, 6.07) is 1.60. The van der Waals surface area contributed by atoms with E-state index >= 15 is 0 Å². The molecule has 1 aromatic carbocycles. The van der Waals surface area contributed by atoms with E-state index in [9.17, 15) is 9.59 Å². The normalized spacial score (nSPS) is 10.4. The summed E-state index contributed by atoms with van der Waals surface area (Å²) < 4.78 is 18.3. The Labute approximate surface area is 107 Å². The van der Waals surface area contributed by atoms with Crippen LogP contribution in [0.15, 0.2) is 6.07 Å². The van der Waals surface area contributed by atoms with Crippen LogP contribution >= 0.6 is 11.7 Å². The molecule has 0 radical (unpaired) electrons. The van der Waals surface area contributed by atoms with Crippen LogP contribution in [0.1, 0.15) is 19.4 Å². The minimum Gasteiger partial charge on any atom is -0.424 e. The first-order chi connectivity index (χ1) is 8.49. The predicted octanol–water partition coefficient (Wildman–Crippen LogP) is 1.85. The van der Waals surface area contributed by atoms with Gasteiger partial charge in [0.2, 0.25) is 0 Å². The highest BCUT2D eigenvalue weighted by atomic mass is 32.1. The number of fused-ring (bicyclic) bond motifs is 1. The Morgan fingerprint density at radius 1 is 1.11 bits per heavy atom. The topological polar surface area (TPSA) is 78.4 Å². The second-order valence-corrected chi connectivity index (χ2v) is 4.20. The van der Waals surface area contributed by atoms with Gasteiger partial charge >= 0.3 is 11.9 Å². The summed E-state index contributed by atoms with van der Waals surface area (Å²) in [4.78, 5) is 22.0. The predicted molar refractivity (Wildman–Crippen MR) is 64.8 cm³/mol. The fourth-order valence-electron chi connectivity index (χ4n) is 1.52. The first-order valence-corrected chi connectivity index (χ1v) is 5.84. The third kappa shape index (κ3) is 2.30. The molecule has 1 aromatic heterocycles. The van der Waals surface area contributed by atoms with Crippen LogP contribution in [0.25, 0.3) is 11.0 Å². The SMILES string of the molecule is CC(=O)Oc1cc(C)c(OC(C)=O)c2nsnc12. The van der Waals surface area contributed by atoms with Crippen molar-refractivity contribution >= 4 is 34.7 Å². The van der Waals surface area contributed by atoms with Crippen molar-refractivity contribution in [2.24, 2.45) is 0 Å². The van der Waals surface area contributed by atoms with Gasteiger partial charge in [0, 0.05) is 13.8 Å². The van der Waals surface area contributed by atoms with Crippen LogP contribution in [-0.2, 0) is 9.59 Å². The molecule has 0 spiro atoms. The molecule has 0 amide bonds. The van der Waals surface area contributed by atoms with Gasteiger partial charge in [-0.1, -0.05) is 0 Å². The molecule has 0 fully saturated rings. The Kier molecular flexibility index (Phi) is 3.24. The number of carbonyl (C=O) groups is 2. The molecule has 0 aliphatic heterocycles. The van der Waals surface area contributed by atoms with Crippen molar-refractivity contribution in [1.82, 2.24) is 8.75 Å². The number of aromatic nitrogens is 2. The van der Waals surface area contributed by atoms with E-state index < -0.39 is 11.9 Å². The van der Waals surface area contributed by atoms with E-state index in [-0.39, 0.29) is 0 Å². The summed E-state index contributed by atoms with van der Waals surface area (Å²) in [7, 11) is 0. The lowest BCUT2D eigenvalue weighted by Gasteiger charge is -2.08. The molecular weight excluding hydrogens is 256 g/mol. The smallest absolute Gasteiger partial charge is 0.308 e. The monoisotopic (exact) mass is 266 g/mol. The Bertz CT molecular complexity index is 635. The molecule has 0 bridgehead atoms. The maximum Gasteiger partial charge on any atom is 0.308 e. The summed E-state index contributed by atoms with van der Waals surface area (Å²) >= 11 is 0.961. The lowest BCUT2D eigenvalue weighted by molar-refractivity contribution is -0.133. The highest BCUT2D eigenvalue weighted by molar-refractivity contribution is 7.00. The van der Waals surface area contributed by atoms with Crippen molar-refractivity contribution in [3.8, 4) is 11.5 Å². The minimum absolute atomic E-state index is 0.319. The van der Waals surface area contributed by atoms with Gasteiger partial charge in [-0.05, 0) is 18.6 Å². The van der Waals surface area contributed by atoms with Gasteiger partial charge in [-0.15, -0.1) is 0 Å². The summed E-state index contributed by atoms with van der Waals surface area (Å²) in [5.74, 6) is -0.210. The first-order valence-electron chi connectivity index (χ1n) is 5.11. The Morgan fingerprint density at radius 2 is 1.72 bits per heavy atom. The lowest BCUT2D eigenvalue weighted by Crippen LogP contribution is -2.06. The van der Waals surface area contributed by atoms with Crippen LogP contribution in [0, 0.1) is 6.92 Å². The second kappa shape index (κ2) is 4.69. The molecule has 0 saturated heterocycles. The highest BCUT2D eigenvalue weighted by Gasteiger charge is 2.18. The highest BCUT2D eigenvalue weighted by Crippen LogP contribution is 2.35. The van der Waals surface area contributed by atoms with Crippen LogP contribution < -0.4 is 9.47 Å². The van der Waals surface area contributed by atoms with Gasteiger partial charge in [0.05, 0.1) is 11.7 Å². The molecule has 2 aromatic rings. The summed E-state index contributed by atoms with van der Waals surface area (Å²) in [6.07, 6.45) is 0. The second-order valence-electron chi connectivity index (χ2n) is 3.67. The molecule has 2 rings (SSSR count). The van der Waals surface area contributed by atoms with Crippen molar-refractivity contribution in [3.63, 3.8) is 0 Å². The molecule has 0 saturated carbocycles. The zero-order chi connectivity index (χ0) is 13.3. The van der Waals surface area contributed by atoms with E-state index in [1.165, 1.54) is 13.8 Å². The van der Waals surface area contributed by atoms with Gasteiger partial charge < -0.3 is 9.47 Å². The Hall–Kier alpha value is -2.02. The zero-order valence-corrected chi connectivity index (χ0v) is 10.8. The number of esters is 2. The Balaban J connectivity index is 2.61. The molecule has 0 atom stereocenters. The number of ether oxygens (including phenoxy) is 2. The van der Waals surface area contributed by atoms with E-state index in [2.05, 4.69) is 8.75 Å². The molecule has 0 aliphatic rings. The zero-order valence-electron chi connectivity index (χ0n) is 10.0. The molecule has 1 heterocycles. The van der Waals surface area contributed by atoms with Crippen molar-refractivity contribution < 1.29 is 19.1 Å². The largest absolute Gasteiger partial charge is 0.424 e. The number of hydrogen-bond acceptors (Lipinski definition) is 7.